The third kappa shape index (κ3) is 2.10. The molecular formula is C11H15F2N. The number of hydrogen-bond acceptors (Lipinski definition) is 1. The van der Waals surface area contributed by atoms with Crippen LogP contribution >= 0.6 is 0 Å². The zero-order valence-corrected chi connectivity index (χ0v) is 8.43. The third-order valence-corrected chi connectivity index (χ3v) is 2.44. The number of halogens is 2. The Bertz CT molecular complexity index is 291. The molecule has 1 aromatic rings. The zero-order valence-electron chi connectivity index (χ0n) is 8.43. The van der Waals surface area contributed by atoms with Crippen molar-refractivity contribution in [3.05, 3.63) is 35.4 Å². The SMILES string of the molecule is CCc1ccc(C(C)(N)C(F)F)cc1. The summed E-state index contributed by atoms with van der Waals surface area (Å²) in [7, 11) is 0. The minimum Gasteiger partial charge on any atom is -0.317 e. The van der Waals surface area contributed by atoms with Crippen LogP contribution in [0, 0.1) is 0 Å². The Hall–Kier alpha value is -0.960. The second kappa shape index (κ2) is 4.05. The predicted octanol–water partition coefficient (Wildman–Crippen LogP) is 2.69. The summed E-state index contributed by atoms with van der Waals surface area (Å²) in [5.74, 6) is 0. The number of hydrogen-bond donors (Lipinski definition) is 1. The molecule has 14 heavy (non-hydrogen) atoms. The van der Waals surface area contributed by atoms with Crippen molar-refractivity contribution in [3.63, 3.8) is 0 Å². The van der Waals surface area contributed by atoms with Gasteiger partial charge >= 0.3 is 0 Å². The lowest BCUT2D eigenvalue weighted by molar-refractivity contribution is 0.0625. The van der Waals surface area contributed by atoms with E-state index in [1.54, 1.807) is 12.1 Å². The van der Waals surface area contributed by atoms with Gasteiger partial charge in [0.05, 0.1) is 5.54 Å². The highest BCUT2D eigenvalue weighted by atomic mass is 19.3. The van der Waals surface area contributed by atoms with Crippen molar-refractivity contribution in [2.75, 3.05) is 0 Å². The van der Waals surface area contributed by atoms with E-state index in [-0.39, 0.29) is 0 Å². The van der Waals surface area contributed by atoms with E-state index in [0.29, 0.717) is 5.56 Å². The molecule has 1 rings (SSSR count). The summed E-state index contributed by atoms with van der Waals surface area (Å²) in [6.45, 7) is 3.36. The molecule has 0 aromatic heterocycles. The van der Waals surface area contributed by atoms with Gasteiger partial charge in [0.1, 0.15) is 0 Å². The summed E-state index contributed by atoms with van der Waals surface area (Å²) < 4.78 is 25.1. The molecule has 1 atom stereocenters. The summed E-state index contributed by atoms with van der Waals surface area (Å²) in [5.41, 5.74) is 5.57. The topological polar surface area (TPSA) is 26.0 Å². The average Bonchev–Trinajstić information content (AvgIpc) is 2.17. The molecule has 0 bridgehead atoms. The van der Waals surface area contributed by atoms with Gasteiger partial charge in [-0.1, -0.05) is 31.2 Å². The Kier molecular flexibility index (Phi) is 3.21. The van der Waals surface area contributed by atoms with Crippen molar-refractivity contribution in [2.45, 2.75) is 32.2 Å². The van der Waals surface area contributed by atoms with Gasteiger partial charge in [-0.15, -0.1) is 0 Å². The normalized spacial score (nSPS) is 15.6. The third-order valence-electron chi connectivity index (χ3n) is 2.44. The minimum atomic E-state index is -2.55. The summed E-state index contributed by atoms with van der Waals surface area (Å²) in [6.07, 6.45) is -1.65. The first kappa shape index (κ1) is 11.1. The van der Waals surface area contributed by atoms with E-state index < -0.39 is 12.0 Å². The fourth-order valence-corrected chi connectivity index (χ4v) is 1.23. The van der Waals surface area contributed by atoms with Crippen molar-refractivity contribution < 1.29 is 8.78 Å². The molecule has 3 heteroatoms. The molecule has 0 radical (unpaired) electrons. The zero-order chi connectivity index (χ0) is 10.8. The first-order valence-corrected chi connectivity index (χ1v) is 4.65. The van der Waals surface area contributed by atoms with Crippen molar-refractivity contribution in [1.82, 2.24) is 0 Å². The van der Waals surface area contributed by atoms with Gasteiger partial charge in [0.25, 0.3) is 6.43 Å². The maximum Gasteiger partial charge on any atom is 0.260 e. The predicted molar refractivity (Wildman–Crippen MR) is 53.4 cm³/mol. The summed E-state index contributed by atoms with van der Waals surface area (Å²) in [4.78, 5) is 0. The van der Waals surface area contributed by atoms with Gasteiger partial charge in [0.2, 0.25) is 0 Å². The monoisotopic (exact) mass is 199 g/mol. The number of aryl methyl sites for hydroxylation is 1. The molecule has 0 spiro atoms. The maximum absolute atomic E-state index is 12.6. The number of nitrogens with two attached hydrogens (primary N) is 1. The smallest absolute Gasteiger partial charge is 0.260 e. The minimum absolute atomic E-state index is 0.477. The molecule has 0 aliphatic heterocycles. The van der Waals surface area contributed by atoms with Crippen molar-refractivity contribution in [2.24, 2.45) is 5.73 Å². The van der Waals surface area contributed by atoms with Gasteiger partial charge in [-0.3, -0.25) is 0 Å². The first-order chi connectivity index (χ1) is 6.48. The lowest BCUT2D eigenvalue weighted by atomic mass is 9.93. The molecule has 0 aliphatic carbocycles. The van der Waals surface area contributed by atoms with Crippen molar-refractivity contribution in [1.29, 1.82) is 0 Å². The second-order valence-electron chi connectivity index (χ2n) is 3.63. The first-order valence-electron chi connectivity index (χ1n) is 4.65. The quantitative estimate of drug-likeness (QED) is 0.795. The fourth-order valence-electron chi connectivity index (χ4n) is 1.23. The van der Waals surface area contributed by atoms with Crippen LogP contribution in [0.15, 0.2) is 24.3 Å². The molecule has 0 saturated carbocycles. The largest absolute Gasteiger partial charge is 0.317 e. The van der Waals surface area contributed by atoms with Crippen LogP contribution in [0.4, 0.5) is 8.78 Å². The Morgan fingerprint density at radius 1 is 1.29 bits per heavy atom. The highest BCUT2D eigenvalue weighted by Crippen LogP contribution is 2.25. The standard InChI is InChI=1S/C11H15F2N/c1-3-8-4-6-9(7-5-8)11(2,14)10(12)13/h4-7,10H,3,14H2,1-2H3. The summed E-state index contributed by atoms with van der Waals surface area (Å²) in [6, 6.07) is 7.02. The molecular weight excluding hydrogens is 184 g/mol. The van der Waals surface area contributed by atoms with Crippen LogP contribution in [-0.2, 0) is 12.0 Å². The van der Waals surface area contributed by atoms with E-state index in [4.69, 9.17) is 5.73 Å². The Morgan fingerprint density at radius 2 is 1.79 bits per heavy atom. The van der Waals surface area contributed by atoms with Gasteiger partial charge < -0.3 is 5.73 Å². The van der Waals surface area contributed by atoms with Crippen LogP contribution in [0.25, 0.3) is 0 Å². The fraction of sp³-hybridized carbons (Fsp3) is 0.455. The summed E-state index contributed by atoms with van der Waals surface area (Å²) in [5, 5.41) is 0. The number of alkyl halides is 2. The van der Waals surface area contributed by atoms with Crippen LogP contribution in [0.2, 0.25) is 0 Å². The highest BCUT2D eigenvalue weighted by molar-refractivity contribution is 5.28. The molecule has 0 fully saturated rings. The van der Waals surface area contributed by atoms with Crippen LogP contribution in [-0.4, -0.2) is 6.43 Å². The molecule has 1 nitrogen and oxygen atoms in total. The molecule has 0 aliphatic rings. The van der Waals surface area contributed by atoms with Crippen LogP contribution in [0.1, 0.15) is 25.0 Å². The average molecular weight is 199 g/mol. The maximum atomic E-state index is 12.6. The van der Waals surface area contributed by atoms with E-state index in [0.717, 1.165) is 12.0 Å². The van der Waals surface area contributed by atoms with E-state index in [1.807, 2.05) is 19.1 Å². The van der Waals surface area contributed by atoms with Crippen LogP contribution in [0.5, 0.6) is 0 Å². The molecule has 0 saturated heterocycles. The van der Waals surface area contributed by atoms with Crippen LogP contribution in [0.3, 0.4) is 0 Å². The Labute approximate surface area is 82.9 Å². The van der Waals surface area contributed by atoms with E-state index >= 15 is 0 Å². The molecule has 0 heterocycles. The van der Waals surface area contributed by atoms with Crippen molar-refractivity contribution in [3.8, 4) is 0 Å². The molecule has 1 unspecified atom stereocenters. The van der Waals surface area contributed by atoms with Gasteiger partial charge in [-0.25, -0.2) is 8.78 Å². The number of benzene rings is 1. The second-order valence-corrected chi connectivity index (χ2v) is 3.63. The molecule has 78 valence electrons. The van der Waals surface area contributed by atoms with Gasteiger partial charge in [-0.05, 0) is 24.5 Å². The van der Waals surface area contributed by atoms with E-state index in [2.05, 4.69) is 0 Å². The van der Waals surface area contributed by atoms with Gasteiger partial charge in [0.15, 0.2) is 0 Å². The molecule has 1 aromatic carbocycles. The molecule has 0 amide bonds. The van der Waals surface area contributed by atoms with E-state index in [1.165, 1.54) is 6.92 Å². The Morgan fingerprint density at radius 3 is 2.14 bits per heavy atom. The molecule has 2 N–H and O–H groups in total. The van der Waals surface area contributed by atoms with Crippen LogP contribution < -0.4 is 5.73 Å². The highest BCUT2D eigenvalue weighted by Gasteiger charge is 2.31. The van der Waals surface area contributed by atoms with Gasteiger partial charge in [0, 0.05) is 0 Å². The summed E-state index contributed by atoms with van der Waals surface area (Å²) >= 11 is 0. The van der Waals surface area contributed by atoms with Crippen molar-refractivity contribution >= 4 is 0 Å². The van der Waals surface area contributed by atoms with Gasteiger partial charge in [-0.2, -0.15) is 0 Å². The van der Waals surface area contributed by atoms with E-state index in [9.17, 15) is 8.78 Å². The lowest BCUT2D eigenvalue weighted by Crippen LogP contribution is -2.40. The number of rotatable bonds is 3. The lowest BCUT2D eigenvalue weighted by Gasteiger charge is -2.24. The Balaban J connectivity index is 2.97.